The van der Waals surface area contributed by atoms with E-state index in [4.69, 9.17) is 0 Å². The van der Waals surface area contributed by atoms with Crippen LogP contribution in [0.15, 0.2) is 29.5 Å². The molecular formula is C15H27N3O6P2. The van der Waals surface area contributed by atoms with Crippen molar-refractivity contribution in [3.05, 3.63) is 35.2 Å². The molecule has 0 saturated carbocycles. The lowest BCUT2D eigenvalue weighted by Crippen LogP contribution is -2.28. The lowest BCUT2D eigenvalue weighted by atomic mass is 10.1. The molecule has 1 heterocycles. The van der Waals surface area contributed by atoms with E-state index in [9.17, 15) is 28.7 Å². The summed E-state index contributed by atoms with van der Waals surface area (Å²) < 4.78 is 24.7. The maximum absolute atomic E-state index is 11.6. The van der Waals surface area contributed by atoms with Crippen molar-refractivity contribution in [2.24, 2.45) is 0 Å². The Balaban J connectivity index is 2.83. The fraction of sp³-hybridized carbons (Fsp3) is 0.600. The fourth-order valence-electron chi connectivity index (χ4n) is 2.17. The van der Waals surface area contributed by atoms with Gasteiger partial charge < -0.3 is 19.6 Å². The van der Waals surface area contributed by atoms with Gasteiger partial charge in [-0.1, -0.05) is 28.5 Å². The summed E-state index contributed by atoms with van der Waals surface area (Å²) in [4.78, 5) is 35.0. The van der Waals surface area contributed by atoms with E-state index in [2.05, 4.69) is 16.4 Å². The number of rotatable bonds is 9. The summed E-state index contributed by atoms with van der Waals surface area (Å²) >= 11 is 0. The first kappa shape index (κ1) is 23.0. The zero-order chi connectivity index (χ0) is 20.2. The molecule has 0 aliphatic rings. The van der Waals surface area contributed by atoms with Gasteiger partial charge in [-0.3, -0.25) is 9.13 Å². The molecule has 148 valence electrons. The van der Waals surface area contributed by atoms with Gasteiger partial charge in [0.1, 0.15) is 0 Å². The first-order chi connectivity index (χ1) is 11.8. The normalized spacial score (nSPS) is 13.8. The highest BCUT2D eigenvalue weighted by Crippen LogP contribution is 2.69. The highest BCUT2D eigenvalue weighted by Gasteiger charge is 2.56. The van der Waals surface area contributed by atoms with Crippen LogP contribution < -0.4 is 0 Å². The molecule has 0 aliphatic heterocycles. The molecule has 0 atom stereocenters. The molecule has 9 nitrogen and oxygen atoms in total. The SMILES string of the molecule is CC(C)=CCC/C(C)=C\Cn1cc(CC(C)(P(=O)(O)O)P(=O)(O)O)nn1. The van der Waals surface area contributed by atoms with Gasteiger partial charge in [0.15, 0.2) is 4.90 Å². The Hall–Kier alpha value is -1.08. The largest absolute Gasteiger partial charge is 0.343 e. The van der Waals surface area contributed by atoms with Gasteiger partial charge in [0.2, 0.25) is 0 Å². The Morgan fingerprint density at radius 3 is 2.23 bits per heavy atom. The third kappa shape index (κ3) is 6.27. The van der Waals surface area contributed by atoms with E-state index < -0.39 is 26.5 Å². The van der Waals surface area contributed by atoms with Crippen LogP contribution in [0.4, 0.5) is 0 Å². The summed E-state index contributed by atoms with van der Waals surface area (Å²) in [6, 6.07) is 0. The number of nitrogens with zero attached hydrogens (tertiary/aromatic N) is 3. The first-order valence-corrected chi connectivity index (χ1v) is 11.3. The van der Waals surface area contributed by atoms with E-state index >= 15 is 0 Å². The molecule has 0 unspecified atom stereocenters. The Kier molecular flexibility index (Phi) is 7.72. The number of aromatic nitrogens is 3. The quantitative estimate of drug-likeness (QED) is 0.361. The van der Waals surface area contributed by atoms with Gasteiger partial charge in [-0.05, 0) is 40.5 Å². The van der Waals surface area contributed by atoms with Gasteiger partial charge in [0.25, 0.3) is 0 Å². The zero-order valence-electron chi connectivity index (χ0n) is 15.4. The monoisotopic (exact) mass is 407 g/mol. The van der Waals surface area contributed by atoms with Crippen LogP contribution in [0.1, 0.15) is 46.2 Å². The van der Waals surface area contributed by atoms with Crippen LogP contribution in [0.2, 0.25) is 0 Å². The highest BCUT2D eigenvalue weighted by atomic mass is 31.2. The molecule has 0 radical (unpaired) electrons. The van der Waals surface area contributed by atoms with Crippen molar-refractivity contribution in [1.82, 2.24) is 15.0 Å². The van der Waals surface area contributed by atoms with Gasteiger partial charge >= 0.3 is 15.2 Å². The molecule has 11 heteroatoms. The van der Waals surface area contributed by atoms with Crippen LogP contribution in [-0.4, -0.2) is 39.5 Å². The van der Waals surface area contributed by atoms with Crippen molar-refractivity contribution >= 4 is 15.2 Å². The summed E-state index contributed by atoms with van der Waals surface area (Å²) in [6.45, 7) is 7.35. The second-order valence-corrected chi connectivity index (χ2v) is 11.3. The van der Waals surface area contributed by atoms with Crippen LogP contribution in [-0.2, 0) is 22.1 Å². The van der Waals surface area contributed by atoms with Crippen LogP contribution in [0, 0.1) is 0 Å². The Bertz CT molecular complexity index is 748. The standard InChI is InChI=1S/C15H27N3O6P2/c1-12(2)6-5-7-13(3)8-9-18-11-14(16-17-18)10-15(4,25(19,20)21)26(22,23)24/h6,8,11H,5,7,9-10H2,1-4H3,(H2,19,20,21)(H2,22,23,24)/b13-8-. The predicted octanol–water partition coefficient (Wildman–Crippen LogP) is 2.58. The van der Waals surface area contributed by atoms with Gasteiger partial charge in [-0.15, -0.1) is 5.10 Å². The second-order valence-electron chi connectivity index (χ2n) is 6.78. The van der Waals surface area contributed by atoms with Crippen LogP contribution in [0.3, 0.4) is 0 Å². The van der Waals surface area contributed by atoms with Gasteiger partial charge in [0, 0.05) is 12.6 Å². The smallest absolute Gasteiger partial charge is 0.324 e. The molecule has 0 spiro atoms. The van der Waals surface area contributed by atoms with Crippen molar-refractivity contribution in [2.45, 2.75) is 58.4 Å². The maximum Gasteiger partial charge on any atom is 0.343 e. The molecule has 0 amide bonds. The van der Waals surface area contributed by atoms with E-state index in [-0.39, 0.29) is 5.69 Å². The summed E-state index contributed by atoms with van der Waals surface area (Å²) in [6.07, 6.45) is 6.81. The summed E-state index contributed by atoms with van der Waals surface area (Å²) in [5, 5.41) is 7.63. The van der Waals surface area contributed by atoms with Gasteiger partial charge in [-0.25, -0.2) is 4.68 Å². The van der Waals surface area contributed by atoms with E-state index in [1.165, 1.54) is 16.5 Å². The molecule has 26 heavy (non-hydrogen) atoms. The van der Waals surface area contributed by atoms with Crippen molar-refractivity contribution in [3.8, 4) is 0 Å². The molecule has 1 aromatic rings. The average molecular weight is 407 g/mol. The minimum absolute atomic E-state index is 0.106. The molecule has 0 bridgehead atoms. The summed E-state index contributed by atoms with van der Waals surface area (Å²) in [7, 11) is -10.1. The lowest BCUT2D eigenvalue weighted by Gasteiger charge is -2.29. The molecular weight excluding hydrogens is 380 g/mol. The molecule has 0 fully saturated rings. The van der Waals surface area contributed by atoms with Crippen LogP contribution in [0.5, 0.6) is 0 Å². The van der Waals surface area contributed by atoms with Crippen molar-refractivity contribution < 1.29 is 28.7 Å². The highest BCUT2D eigenvalue weighted by molar-refractivity contribution is 7.72. The van der Waals surface area contributed by atoms with Gasteiger partial charge in [-0.2, -0.15) is 0 Å². The minimum atomic E-state index is -5.07. The molecule has 0 saturated heterocycles. The number of hydrogen-bond donors (Lipinski definition) is 4. The molecule has 0 aromatic carbocycles. The first-order valence-electron chi connectivity index (χ1n) is 8.05. The predicted molar refractivity (Wildman–Crippen MR) is 98.6 cm³/mol. The Labute approximate surface area is 153 Å². The third-order valence-electron chi connectivity index (χ3n) is 4.08. The van der Waals surface area contributed by atoms with Crippen molar-refractivity contribution in [2.75, 3.05) is 0 Å². The van der Waals surface area contributed by atoms with E-state index in [0.29, 0.717) is 6.54 Å². The average Bonchev–Trinajstić information content (AvgIpc) is 2.89. The van der Waals surface area contributed by atoms with E-state index in [1.54, 1.807) is 0 Å². The van der Waals surface area contributed by atoms with Gasteiger partial charge in [0.05, 0.1) is 12.2 Å². The third-order valence-corrected chi connectivity index (χ3v) is 8.46. The zero-order valence-corrected chi connectivity index (χ0v) is 17.2. The Morgan fingerprint density at radius 1 is 1.15 bits per heavy atom. The molecule has 0 aliphatic carbocycles. The van der Waals surface area contributed by atoms with Crippen molar-refractivity contribution in [1.29, 1.82) is 0 Å². The second kappa shape index (κ2) is 8.74. The maximum atomic E-state index is 11.6. The molecule has 1 rings (SSSR count). The van der Waals surface area contributed by atoms with Crippen LogP contribution >= 0.6 is 15.2 Å². The van der Waals surface area contributed by atoms with Crippen LogP contribution in [0.25, 0.3) is 0 Å². The Morgan fingerprint density at radius 2 is 1.73 bits per heavy atom. The van der Waals surface area contributed by atoms with Crippen molar-refractivity contribution in [3.63, 3.8) is 0 Å². The summed E-state index contributed by atoms with van der Waals surface area (Å²) in [5.74, 6) is 0. The molecule has 4 N–H and O–H groups in total. The number of hydrogen-bond acceptors (Lipinski definition) is 4. The fourth-order valence-corrected chi connectivity index (χ4v) is 4.26. The summed E-state index contributed by atoms with van der Waals surface area (Å²) in [5.41, 5.74) is 2.53. The minimum Gasteiger partial charge on any atom is -0.324 e. The lowest BCUT2D eigenvalue weighted by molar-refractivity contribution is 0.311. The molecule has 1 aromatic heterocycles. The van der Waals surface area contributed by atoms with E-state index in [1.807, 2.05) is 26.8 Å². The van der Waals surface area contributed by atoms with E-state index in [0.717, 1.165) is 25.3 Å². The number of allylic oxidation sites excluding steroid dienone is 4. The topological polar surface area (TPSA) is 146 Å².